The van der Waals surface area contributed by atoms with E-state index < -0.39 is 0 Å². The van der Waals surface area contributed by atoms with Crippen molar-refractivity contribution in [1.29, 1.82) is 0 Å². The summed E-state index contributed by atoms with van der Waals surface area (Å²) in [7, 11) is 0. The Bertz CT molecular complexity index is 734. The number of fused-ring (bicyclic) bond motifs is 1. The highest BCUT2D eigenvalue weighted by atomic mass is 32.2. The molecule has 0 aliphatic carbocycles. The van der Waals surface area contributed by atoms with E-state index >= 15 is 0 Å². The van der Waals surface area contributed by atoms with Gasteiger partial charge in [0.15, 0.2) is 0 Å². The first-order valence-electron chi connectivity index (χ1n) is 5.89. The molecule has 2 heterocycles. The molecular formula is C15H12N2OS. The van der Waals surface area contributed by atoms with Crippen molar-refractivity contribution in [1.82, 2.24) is 9.97 Å². The van der Waals surface area contributed by atoms with Gasteiger partial charge in [-0.25, -0.2) is 4.98 Å². The van der Waals surface area contributed by atoms with Gasteiger partial charge in [0.25, 0.3) is 5.56 Å². The van der Waals surface area contributed by atoms with Crippen molar-refractivity contribution in [3.05, 3.63) is 59.1 Å². The van der Waals surface area contributed by atoms with E-state index in [4.69, 9.17) is 0 Å². The summed E-state index contributed by atoms with van der Waals surface area (Å²) in [6.45, 7) is 0. The Morgan fingerprint density at radius 1 is 1.05 bits per heavy atom. The highest BCUT2D eigenvalue weighted by Crippen LogP contribution is 2.26. The molecule has 0 atom stereocenters. The molecule has 0 saturated heterocycles. The summed E-state index contributed by atoms with van der Waals surface area (Å²) in [5, 5.41) is 0. The average Bonchev–Trinajstić information content (AvgIpc) is 2.47. The van der Waals surface area contributed by atoms with Gasteiger partial charge < -0.3 is 4.98 Å². The van der Waals surface area contributed by atoms with E-state index in [1.807, 2.05) is 12.3 Å². The fraction of sp³-hybridized carbons (Fsp3) is 0.0667. The van der Waals surface area contributed by atoms with E-state index in [0.717, 1.165) is 22.4 Å². The molecule has 0 radical (unpaired) electrons. The Balaban J connectivity index is 2.08. The second-order valence-electron chi connectivity index (χ2n) is 4.23. The van der Waals surface area contributed by atoms with Crippen LogP contribution in [0.3, 0.4) is 0 Å². The summed E-state index contributed by atoms with van der Waals surface area (Å²) >= 11 is 1.72. The zero-order valence-electron chi connectivity index (χ0n) is 10.4. The molecule has 94 valence electrons. The topological polar surface area (TPSA) is 45.8 Å². The SMILES string of the molecule is CSc1ccc(-c2c[nH]c3cc(=O)ncc-3c2)cc1. The molecule has 0 spiro atoms. The fourth-order valence-corrected chi connectivity index (χ4v) is 2.41. The molecule has 0 fully saturated rings. The molecule has 2 aliphatic rings. The van der Waals surface area contributed by atoms with Crippen molar-refractivity contribution < 1.29 is 0 Å². The van der Waals surface area contributed by atoms with Crippen molar-refractivity contribution in [2.24, 2.45) is 0 Å². The van der Waals surface area contributed by atoms with Gasteiger partial charge in [0.05, 0.1) is 5.69 Å². The van der Waals surface area contributed by atoms with Gasteiger partial charge in [0.2, 0.25) is 0 Å². The van der Waals surface area contributed by atoms with E-state index in [9.17, 15) is 4.79 Å². The third-order valence-corrected chi connectivity index (χ3v) is 3.77. The van der Waals surface area contributed by atoms with Crippen LogP contribution in [0.15, 0.2) is 58.5 Å². The van der Waals surface area contributed by atoms with Crippen LogP contribution in [0.1, 0.15) is 0 Å². The molecule has 2 aliphatic heterocycles. The van der Waals surface area contributed by atoms with Crippen LogP contribution in [-0.4, -0.2) is 16.2 Å². The molecule has 1 aromatic carbocycles. The average molecular weight is 268 g/mol. The van der Waals surface area contributed by atoms with Crippen molar-refractivity contribution in [3.8, 4) is 22.4 Å². The minimum atomic E-state index is -0.221. The molecule has 19 heavy (non-hydrogen) atoms. The van der Waals surface area contributed by atoms with Crippen molar-refractivity contribution in [2.75, 3.05) is 6.26 Å². The van der Waals surface area contributed by atoms with Crippen molar-refractivity contribution in [2.45, 2.75) is 4.90 Å². The first-order valence-corrected chi connectivity index (χ1v) is 7.12. The van der Waals surface area contributed by atoms with Crippen LogP contribution in [0.2, 0.25) is 0 Å². The molecule has 0 amide bonds. The highest BCUT2D eigenvalue weighted by molar-refractivity contribution is 7.98. The summed E-state index contributed by atoms with van der Waals surface area (Å²) in [5.74, 6) is 0. The molecule has 1 aromatic rings. The zero-order valence-corrected chi connectivity index (χ0v) is 11.2. The molecule has 1 N–H and O–H groups in total. The maximum atomic E-state index is 11.2. The van der Waals surface area contributed by atoms with Crippen molar-refractivity contribution >= 4 is 11.8 Å². The van der Waals surface area contributed by atoms with Gasteiger partial charge in [-0.2, -0.15) is 0 Å². The van der Waals surface area contributed by atoms with Crippen LogP contribution in [0.25, 0.3) is 22.4 Å². The minimum Gasteiger partial charge on any atom is -0.360 e. The van der Waals surface area contributed by atoms with E-state index in [1.165, 1.54) is 11.0 Å². The Labute approximate surface area is 115 Å². The highest BCUT2D eigenvalue weighted by Gasteiger charge is 2.06. The maximum Gasteiger partial charge on any atom is 0.271 e. The van der Waals surface area contributed by atoms with Gasteiger partial charge in [-0.3, -0.25) is 4.79 Å². The predicted octanol–water partition coefficient (Wildman–Crippen LogP) is 3.26. The Morgan fingerprint density at radius 3 is 2.58 bits per heavy atom. The number of pyridine rings is 2. The predicted molar refractivity (Wildman–Crippen MR) is 78.7 cm³/mol. The largest absolute Gasteiger partial charge is 0.360 e. The fourth-order valence-electron chi connectivity index (χ4n) is 2.00. The number of nitrogens with zero attached hydrogens (tertiary/aromatic N) is 1. The minimum absolute atomic E-state index is 0.221. The number of aromatic nitrogens is 2. The number of hydrogen-bond donors (Lipinski definition) is 1. The summed E-state index contributed by atoms with van der Waals surface area (Å²) in [6.07, 6.45) is 5.58. The second-order valence-corrected chi connectivity index (χ2v) is 5.11. The Hall–Kier alpha value is -2.07. The van der Waals surface area contributed by atoms with Crippen molar-refractivity contribution in [3.63, 3.8) is 0 Å². The van der Waals surface area contributed by atoms with Crippen LogP contribution in [0.5, 0.6) is 0 Å². The zero-order chi connectivity index (χ0) is 13.2. The third-order valence-electron chi connectivity index (χ3n) is 3.03. The molecule has 3 rings (SSSR count). The number of thioether (sulfide) groups is 1. The normalized spacial score (nSPS) is 10.8. The van der Waals surface area contributed by atoms with E-state index in [0.29, 0.717) is 0 Å². The van der Waals surface area contributed by atoms with Crippen LogP contribution >= 0.6 is 11.8 Å². The molecule has 0 aromatic heterocycles. The molecular weight excluding hydrogens is 256 g/mol. The lowest BCUT2D eigenvalue weighted by Gasteiger charge is -2.08. The molecule has 0 bridgehead atoms. The smallest absolute Gasteiger partial charge is 0.271 e. The Kier molecular flexibility index (Phi) is 3.09. The first kappa shape index (κ1) is 12.0. The number of aromatic amines is 1. The molecule has 3 nitrogen and oxygen atoms in total. The van der Waals surface area contributed by atoms with E-state index in [1.54, 1.807) is 18.0 Å². The lowest BCUT2D eigenvalue weighted by atomic mass is 10.0. The van der Waals surface area contributed by atoms with Gasteiger partial charge in [0, 0.05) is 28.9 Å². The van der Waals surface area contributed by atoms with E-state index in [-0.39, 0.29) is 5.56 Å². The molecule has 0 unspecified atom stereocenters. The second kappa shape index (κ2) is 4.90. The summed E-state index contributed by atoms with van der Waals surface area (Å²) < 4.78 is 0. The summed E-state index contributed by atoms with van der Waals surface area (Å²) in [6, 6.07) is 11.9. The van der Waals surface area contributed by atoms with Crippen LogP contribution in [0, 0.1) is 0 Å². The van der Waals surface area contributed by atoms with Crippen LogP contribution < -0.4 is 5.56 Å². The number of H-pyrrole nitrogens is 1. The molecule has 4 heteroatoms. The van der Waals surface area contributed by atoms with Gasteiger partial charge in [0.1, 0.15) is 0 Å². The number of benzene rings is 1. The summed E-state index contributed by atoms with van der Waals surface area (Å²) in [4.78, 5) is 19.3. The van der Waals surface area contributed by atoms with Crippen LogP contribution in [-0.2, 0) is 0 Å². The number of hydrogen-bond acceptors (Lipinski definition) is 3. The standard InChI is InChI=1S/C15H12N2OS/c1-19-13-4-2-10(3-5-13)11-6-12-9-17-15(18)7-14(12)16-8-11/h2-9,16H,1H3. The molecule has 0 saturated carbocycles. The van der Waals surface area contributed by atoms with Gasteiger partial charge in [-0.15, -0.1) is 11.8 Å². The monoisotopic (exact) mass is 268 g/mol. The van der Waals surface area contributed by atoms with Crippen LogP contribution in [0.4, 0.5) is 0 Å². The lowest BCUT2D eigenvalue weighted by Crippen LogP contribution is -2.05. The number of nitrogens with one attached hydrogen (secondary N) is 1. The maximum absolute atomic E-state index is 11.2. The first-order chi connectivity index (χ1) is 9.26. The third kappa shape index (κ3) is 2.39. The summed E-state index contributed by atoms with van der Waals surface area (Å²) in [5.41, 5.74) is 3.75. The number of rotatable bonds is 2. The van der Waals surface area contributed by atoms with Gasteiger partial charge >= 0.3 is 0 Å². The van der Waals surface area contributed by atoms with Gasteiger partial charge in [-0.05, 0) is 35.6 Å². The lowest BCUT2D eigenvalue weighted by molar-refractivity contribution is 1.19. The quantitative estimate of drug-likeness (QED) is 0.726. The van der Waals surface area contributed by atoms with Gasteiger partial charge in [-0.1, -0.05) is 12.1 Å². The Morgan fingerprint density at radius 2 is 1.84 bits per heavy atom. The van der Waals surface area contributed by atoms with E-state index in [2.05, 4.69) is 40.5 Å².